The Morgan fingerprint density at radius 1 is 0.492 bits per heavy atom. The third-order valence-corrected chi connectivity index (χ3v) is 13.7. The van der Waals surface area contributed by atoms with E-state index < -0.39 is 83.7 Å². The number of thioether (sulfide) groups is 1. The molecule has 15 nitrogen and oxygen atoms in total. The van der Waals surface area contributed by atoms with E-state index >= 15 is 0 Å². The van der Waals surface area contributed by atoms with Gasteiger partial charge in [-0.15, -0.1) is 11.8 Å². The lowest BCUT2D eigenvalue weighted by molar-refractivity contribution is -0.136. The Balaban J connectivity index is 1.27. The van der Waals surface area contributed by atoms with Crippen LogP contribution in [0.4, 0.5) is 0 Å². The first-order valence-corrected chi connectivity index (χ1v) is 23.6. The molecule has 2 aliphatic rings. The minimum atomic E-state index is -1.19. The molecule has 0 radical (unpaired) electrons. The summed E-state index contributed by atoms with van der Waals surface area (Å²) in [5.41, 5.74) is 4.07. The Hall–Kier alpha value is -6.13. The number of nitrogens with one attached hydrogen (secondary N) is 9. The average Bonchev–Trinajstić information content (AvgIpc) is 4.05. The maximum absolute atomic E-state index is 14.7. The van der Waals surface area contributed by atoms with E-state index in [1.54, 1.807) is 20.0 Å². The van der Waals surface area contributed by atoms with Gasteiger partial charge in [0.25, 0.3) is 0 Å². The molecule has 0 saturated carbocycles. The van der Waals surface area contributed by atoms with E-state index in [1.807, 2.05) is 113 Å². The molecule has 6 amide bonds. The predicted octanol–water partition coefficient (Wildman–Crippen LogP) is 3.60. The minimum absolute atomic E-state index is 0.0645. The second-order valence-electron chi connectivity index (χ2n) is 18.2. The lowest BCUT2D eigenvalue weighted by atomic mass is 9.98. The van der Waals surface area contributed by atoms with Crippen LogP contribution in [0.5, 0.6) is 0 Å². The van der Waals surface area contributed by atoms with Crippen LogP contribution in [-0.4, -0.2) is 98.8 Å². The van der Waals surface area contributed by atoms with E-state index in [4.69, 9.17) is 0 Å². The number of H-pyrrole nitrogens is 2. The van der Waals surface area contributed by atoms with Gasteiger partial charge in [-0.2, -0.15) is 0 Å². The Labute approximate surface area is 383 Å². The SMILES string of the molecule is CC(C)[C@@H]1NC(=O)[C@@H](Cc2c[nH]c3ccccc23)NC(=O)[C@H](C(C)C)NC(=O)[C@@H](Cc2ccccc2)NC(=O)[C@H](Cc2c[nH]c3ccccc23)NC(=O)[C@@H](C(C)C)NC(=O)[C@@H]2CSC1N2. The molecule has 16 heteroatoms. The fourth-order valence-corrected chi connectivity index (χ4v) is 10.1. The van der Waals surface area contributed by atoms with Crippen LogP contribution in [-0.2, 0) is 48.0 Å². The molecule has 7 rings (SSSR count). The van der Waals surface area contributed by atoms with Crippen LogP contribution in [0.15, 0.2) is 91.3 Å². The van der Waals surface area contributed by atoms with E-state index in [2.05, 4.69) is 47.2 Å². The van der Waals surface area contributed by atoms with Crippen LogP contribution in [0.25, 0.3) is 21.8 Å². The highest BCUT2D eigenvalue weighted by molar-refractivity contribution is 8.00. The van der Waals surface area contributed by atoms with Crippen molar-refractivity contribution in [2.24, 2.45) is 17.8 Å². The van der Waals surface area contributed by atoms with Gasteiger partial charge in [-0.1, -0.05) is 108 Å². The molecule has 3 aromatic carbocycles. The van der Waals surface area contributed by atoms with Crippen LogP contribution in [0, 0.1) is 17.8 Å². The van der Waals surface area contributed by atoms with Crippen molar-refractivity contribution in [1.29, 1.82) is 0 Å². The number of hydrogen-bond acceptors (Lipinski definition) is 8. The summed E-state index contributed by atoms with van der Waals surface area (Å²) in [6, 6.07) is 17.8. The number of rotatable bonds is 9. The lowest BCUT2D eigenvalue weighted by Gasteiger charge is -2.31. The van der Waals surface area contributed by atoms with Crippen molar-refractivity contribution in [3.05, 3.63) is 108 Å². The van der Waals surface area contributed by atoms with Gasteiger partial charge in [0, 0.05) is 59.2 Å². The van der Waals surface area contributed by atoms with E-state index in [1.165, 1.54) is 11.8 Å². The summed E-state index contributed by atoms with van der Waals surface area (Å²) >= 11 is 1.49. The Kier molecular flexibility index (Phi) is 15.0. The van der Waals surface area contributed by atoms with Gasteiger partial charge < -0.3 is 41.9 Å². The number of aromatic amines is 2. The molecular formula is C49H61N9O6S. The van der Waals surface area contributed by atoms with Crippen molar-refractivity contribution >= 4 is 69.0 Å². The molecule has 2 aliphatic heterocycles. The number of aromatic nitrogens is 2. The van der Waals surface area contributed by atoms with Crippen molar-refractivity contribution in [3.8, 4) is 0 Å². The van der Waals surface area contributed by atoms with E-state index in [-0.39, 0.29) is 36.5 Å². The number of carbonyl (C=O) groups excluding carboxylic acids is 6. The van der Waals surface area contributed by atoms with E-state index in [0.717, 1.165) is 38.5 Å². The normalized spacial score (nSPS) is 25.5. The largest absolute Gasteiger partial charge is 0.361 e. The Morgan fingerprint density at radius 2 is 0.938 bits per heavy atom. The van der Waals surface area contributed by atoms with Gasteiger partial charge in [0.15, 0.2) is 0 Å². The third-order valence-electron chi connectivity index (χ3n) is 12.4. The van der Waals surface area contributed by atoms with Crippen LogP contribution >= 0.6 is 11.8 Å². The van der Waals surface area contributed by atoms with Gasteiger partial charge in [-0.25, -0.2) is 0 Å². The van der Waals surface area contributed by atoms with Crippen LogP contribution < -0.4 is 37.2 Å². The molecule has 2 aromatic heterocycles. The van der Waals surface area contributed by atoms with Crippen molar-refractivity contribution < 1.29 is 28.8 Å². The van der Waals surface area contributed by atoms with Crippen molar-refractivity contribution in [1.82, 2.24) is 47.2 Å². The summed E-state index contributed by atoms with van der Waals surface area (Å²) in [5, 5.41) is 22.7. The molecule has 5 aromatic rings. The first-order chi connectivity index (χ1) is 31.2. The number of hydrogen-bond donors (Lipinski definition) is 9. The minimum Gasteiger partial charge on any atom is -0.361 e. The molecular weight excluding hydrogens is 843 g/mol. The zero-order chi connectivity index (χ0) is 46.4. The molecule has 65 heavy (non-hydrogen) atoms. The number of carbonyl (C=O) groups is 6. The number of fused-ring (bicyclic) bond motifs is 4. The topological polar surface area (TPSA) is 218 Å². The lowest BCUT2D eigenvalue weighted by Crippen LogP contribution is -2.61. The number of amides is 6. The summed E-state index contributed by atoms with van der Waals surface area (Å²) in [4.78, 5) is 93.2. The highest BCUT2D eigenvalue weighted by Gasteiger charge is 2.40. The summed E-state index contributed by atoms with van der Waals surface area (Å²) < 4.78 is 0. The predicted molar refractivity (Wildman–Crippen MR) is 253 cm³/mol. The van der Waals surface area contributed by atoms with Gasteiger partial charge >= 0.3 is 0 Å². The highest BCUT2D eigenvalue weighted by atomic mass is 32.2. The second kappa shape index (κ2) is 20.8. The summed E-state index contributed by atoms with van der Waals surface area (Å²) in [6.45, 7) is 11.2. The maximum Gasteiger partial charge on any atom is 0.243 e. The molecule has 0 spiro atoms. The van der Waals surface area contributed by atoms with Gasteiger partial charge in [-0.05, 0) is 46.6 Å². The van der Waals surface area contributed by atoms with Crippen LogP contribution in [0.1, 0.15) is 58.2 Å². The fourth-order valence-electron chi connectivity index (χ4n) is 8.60. The van der Waals surface area contributed by atoms with Gasteiger partial charge in [-0.3, -0.25) is 34.1 Å². The molecule has 1 unspecified atom stereocenters. The van der Waals surface area contributed by atoms with Crippen molar-refractivity contribution in [2.75, 3.05) is 5.75 Å². The van der Waals surface area contributed by atoms with Gasteiger partial charge in [0.05, 0.1) is 17.5 Å². The zero-order valence-corrected chi connectivity index (χ0v) is 38.5. The Bertz CT molecular complexity index is 2500. The summed E-state index contributed by atoms with van der Waals surface area (Å²) in [7, 11) is 0. The maximum atomic E-state index is 14.7. The molecule has 2 bridgehead atoms. The summed E-state index contributed by atoms with van der Waals surface area (Å²) in [5.74, 6) is -3.71. The van der Waals surface area contributed by atoms with Gasteiger partial charge in [0.1, 0.15) is 30.2 Å². The van der Waals surface area contributed by atoms with E-state index in [9.17, 15) is 28.8 Å². The Morgan fingerprint density at radius 3 is 1.46 bits per heavy atom. The van der Waals surface area contributed by atoms with E-state index in [0.29, 0.717) is 5.75 Å². The molecule has 8 atom stereocenters. The molecule has 9 N–H and O–H groups in total. The monoisotopic (exact) mass is 903 g/mol. The van der Waals surface area contributed by atoms with Crippen molar-refractivity contribution in [3.63, 3.8) is 0 Å². The standard InChI is InChI=1S/C49H61N9O6S/c1-26(2)40-47(63)54-38(22-31-24-51-35-19-13-11-17-33(31)35)45(61)58-42(28(5)6)49-55-39(25-65-49)46(62)57-41(27(3)4)48(64)53-37(21-30-23-50-34-18-12-10-16-32(30)34)43(59)52-36(44(60)56-40)20-29-14-8-7-9-15-29/h7-19,23-24,26-28,36-42,49-51,55H,20-22,25H2,1-6H3,(H,52,59)(H,53,64)(H,54,63)(H,56,60)(H,57,62)(H,58,61)/t36-,37+,38-,39+,40+,41-,42+,49?/m1/s1. The van der Waals surface area contributed by atoms with Crippen LogP contribution in [0.3, 0.4) is 0 Å². The first kappa shape index (κ1) is 46.9. The third kappa shape index (κ3) is 11.2. The summed E-state index contributed by atoms with van der Waals surface area (Å²) in [6.07, 6.45) is 3.90. The molecule has 4 heterocycles. The molecule has 2 fully saturated rings. The second-order valence-corrected chi connectivity index (χ2v) is 19.4. The average molecular weight is 904 g/mol. The smallest absolute Gasteiger partial charge is 0.243 e. The highest BCUT2D eigenvalue weighted by Crippen LogP contribution is 2.27. The number of para-hydroxylation sites is 2. The molecule has 0 aliphatic carbocycles. The quantitative estimate of drug-likeness (QED) is 0.106. The van der Waals surface area contributed by atoms with Gasteiger partial charge in [0.2, 0.25) is 35.4 Å². The molecule has 2 saturated heterocycles. The fraction of sp³-hybridized carbons (Fsp3) is 0.429. The first-order valence-electron chi connectivity index (χ1n) is 22.5. The molecule has 344 valence electrons. The zero-order valence-electron chi connectivity index (χ0n) is 37.7. The van der Waals surface area contributed by atoms with Crippen molar-refractivity contribution in [2.45, 2.75) is 108 Å². The van der Waals surface area contributed by atoms with Crippen LogP contribution in [0.2, 0.25) is 0 Å². The number of benzene rings is 3.